The van der Waals surface area contributed by atoms with Crippen molar-refractivity contribution in [2.75, 3.05) is 32.9 Å². The lowest BCUT2D eigenvalue weighted by Gasteiger charge is -2.17. The quantitative estimate of drug-likeness (QED) is 0.599. The summed E-state index contributed by atoms with van der Waals surface area (Å²) in [6.45, 7) is 3.37. The van der Waals surface area contributed by atoms with E-state index in [1.165, 1.54) is 25.5 Å². The summed E-state index contributed by atoms with van der Waals surface area (Å²) in [6, 6.07) is 14.9. The third kappa shape index (κ3) is 6.07. The number of sulfonamides is 1. The minimum Gasteiger partial charge on any atom is -0.351 e. The highest BCUT2D eigenvalue weighted by Gasteiger charge is 2.22. The van der Waals surface area contributed by atoms with Gasteiger partial charge in [0.2, 0.25) is 15.9 Å². The van der Waals surface area contributed by atoms with Crippen LogP contribution in [0, 0.1) is 0 Å². The smallest absolute Gasteiger partial charge is 0.243 e. The van der Waals surface area contributed by atoms with E-state index in [2.05, 4.69) is 22.3 Å². The van der Waals surface area contributed by atoms with Crippen molar-refractivity contribution in [1.82, 2.24) is 14.5 Å². The first-order chi connectivity index (χ1) is 14.4. The zero-order valence-corrected chi connectivity index (χ0v) is 19.1. The van der Waals surface area contributed by atoms with Crippen LogP contribution in [0.3, 0.4) is 0 Å². The second-order valence-electron chi connectivity index (χ2n) is 7.52. The SMILES string of the molecule is CSc1ccc(S(=O)(=O)N(C)CC(=O)NCc2cccc(CN3CCCC3)c2)cc1. The van der Waals surface area contributed by atoms with E-state index in [0.717, 1.165) is 34.4 Å². The highest BCUT2D eigenvalue weighted by Crippen LogP contribution is 2.20. The lowest BCUT2D eigenvalue weighted by atomic mass is 10.1. The summed E-state index contributed by atoms with van der Waals surface area (Å²) >= 11 is 1.55. The van der Waals surface area contributed by atoms with E-state index >= 15 is 0 Å². The van der Waals surface area contributed by atoms with E-state index in [0.29, 0.717) is 6.54 Å². The van der Waals surface area contributed by atoms with Crippen LogP contribution in [0.1, 0.15) is 24.0 Å². The molecule has 0 spiro atoms. The average molecular weight is 448 g/mol. The highest BCUT2D eigenvalue weighted by molar-refractivity contribution is 7.98. The molecule has 0 aliphatic carbocycles. The van der Waals surface area contributed by atoms with Gasteiger partial charge in [0, 0.05) is 25.0 Å². The number of nitrogens with zero attached hydrogens (tertiary/aromatic N) is 2. The van der Waals surface area contributed by atoms with E-state index in [1.54, 1.807) is 36.0 Å². The molecule has 1 aliphatic rings. The molecule has 2 aromatic carbocycles. The Morgan fingerprint density at radius 2 is 1.77 bits per heavy atom. The van der Waals surface area contributed by atoms with Crippen molar-refractivity contribution in [1.29, 1.82) is 0 Å². The van der Waals surface area contributed by atoms with Gasteiger partial charge in [0.25, 0.3) is 0 Å². The summed E-state index contributed by atoms with van der Waals surface area (Å²) in [5.74, 6) is -0.327. The molecule has 1 fully saturated rings. The monoisotopic (exact) mass is 447 g/mol. The van der Waals surface area contributed by atoms with Crippen LogP contribution >= 0.6 is 11.8 Å². The molecule has 2 aromatic rings. The van der Waals surface area contributed by atoms with Crippen molar-refractivity contribution in [2.45, 2.75) is 35.7 Å². The van der Waals surface area contributed by atoms with Crippen LogP contribution in [-0.2, 0) is 27.9 Å². The van der Waals surface area contributed by atoms with E-state index < -0.39 is 10.0 Å². The Bertz CT molecular complexity index is 956. The Morgan fingerprint density at radius 1 is 1.10 bits per heavy atom. The number of amides is 1. The molecule has 8 heteroatoms. The molecule has 6 nitrogen and oxygen atoms in total. The predicted molar refractivity (Wildman–Crippen MR) is 121 cm³/mol. The molecule has 1 aliphatic heterocycles. The minimum atomic E-state index is -3.70. The van der Waals surface area contributed by atoms with Crippen LogP contribution in [0.15, 0.2) is 58.3 Å². The van der Waals surface area contributed by atoms with Crippen molar-refractivity contribution >= 4 is 27.7 Å². The first kappa shape index (κ1) is 22.8. The number of likely N-dealkylation sites (tertiary alicyclic amines) is 1. The van der Waals surface area contributed by atoms with Crippen LogP contribution in [0.4, 0.5) is 0 Å². The standard InChI is InChI=1S/C22H29N3O3S2/c1-24(30(27,28)21-10-8-20(29-2)9-11-21)17-22(26)23-15-18-6-5-7-19(14-18)16-25-12-3-4-13-25/h5-11,14H,3-4,12-13,15-17H2,1-2H3,(H,23,26). The molecular weight excluding hydrogens is 418 g/mol. The van der Waals surface area contributed by atoms with E-state index in [-0.39, 0.29) is 17.3 Å². The molecule has 1 heterocycles. The van der Waals surface area contributed by atoms with E-state index in [9.17, 15) is 13.2 Å². The summed E-state index contributed by atoms with van der Waals surface area (Å²) in [5, 5.41) is 2.83. The number of rotatable bonds is 9. The average Bonchev–Trinajstić information content (AvgIpc) is 3.25. The summed E-state index contributed by atoms with van der Waals surface area (Å²) in [7, 11) is -2.28. The molecule has 0 radical (unpaired) electrons. The summed E-state index contributed by atoms with van der Waals surface area (Å²) in [5.41, 5.74) is 2.25. The maximum Gasteiger partial charge on any atom is 0.243 e. The Kier molecular flexibility index (Phi) is 7.93. The highest BCUT2D eigenvalue weighted by atomic mass is 32.2. The molecular formula is C22H29N3O3S2. The zero-order chi connectivity index (χ0) is 21.6. The Hall–Kier alpha value is -1.87. The van der Waals surface area contributed by atoms with Gasteiger partial charge in [0.05, 0.1) is 11.4 Å². The van der Waals surface area contributed by atoms with E-state index in [1.807, 2.05) is 18.4 Å². The lowest BCUT2D eigenvalue weighted by molar-refractivity contribution is -0.121. The molecule has 0 atom stereocenters. The summed E-state index contributed by atoms with van der Waals surface area (Å²) in [6.07, 6.45) is 4.45. The fourth-order valence-electron chi connectivity index (χ4n) is 3.51. The topological polar surface area (TPSA) is 69.7 Å². The molecule has 30 heavy (non-hydrogen) atoms. The number of benzene rings is 2. The number of hydrogen-bond donors (Lipinski definition) is 1. The summed E-state index contributed by atoms with van der Waals surface area (Å²) < 4.78 is 26.5. The Morgan fingerprint density at radius 3 is 2.43 bits per heavy atom. The van der Waals surface area contributed by atoms with Gasteiger partial charge in [0.1, 0.15) is 0 Å². The van der Waals surface area contributed by atoms with Crippen LogP contribution in [0.5, 0.6) is 0 Å². The van der Waals surface area contributed by atoms with Crippen LogP contribution < -0.4 is 5.32 Å². The number of thioether (sulfide) groups is 1. The third-order valence-corrected chi connectivity index (χ3v) is 7.78. The van der Waals surface area contributed by atoms with Crippen molar-refractivity contribution in [3.05, 3.63) is 59.7 Å². The molecule has 1 amide bonds. The number of carbonyl (C=O) groups is 1. The number of hydrogen-bond acceptors (Lipinski definition) is 5. The number of carbonyl (C=O) groups excluding carboxylic acids is 1. The zero-order valence-electron chi connectivity index (χ0n) is 17.5. The van der Waals surface area contributed by atoms with E-state index in [4.69, 9.17) is 0 Å². The summed E-state index contributed by atoms with van der Waals surface area (Å²) in [4.78, 5) is 15.9. The molecule has 1 saturated heterocycles. The molecule has 0 unspecified atom stereocenters. The molecule has 0 bridgehead atoms. The molecule has 3 rings (SSSR count). The fraction of sp³-hybridized carbons (Fsp3) is 0.409. The molecule has 162 valence electrons. The van der Waals surface area contributed by atoms with Gasteiger partial charge in [-0.3, -0.25) is 9.69 Å². The van der Waals surface area contributed by atoms with Crippen molar-refractivity contribution < 1.29 is 13.2 Å². The number of likely N-dealkylation sites (N-methyl/N-ethyl adjacent to an activating group) is 1. The van der Waals surface area contributed by atoms with Gasteiger partial charge in [-0.15, -0.1) is 11.8 Å². The van der Waals surface area contributed by atoms with Gasteiger partial charge >= 0.3 is 0 Å². The molecule has 0 saturated carbocycles. The van der Waals surface area contributed by atoms with Gasteiger partial charge in [-0.1, -0.05) is 24.3 Å². The van der Waals surface area contributed by atoms with Crippen LogP contribution in [0.2, 0.25) is 0 Å². The molecule has 1 N–H and O–H groups in total. The van der Waals surface area contributed by atoms with Gasteiger partial charge in [-0.05, 0) is 67.6 Å². The maximum absolute atomic E-state index is 12.7. The van der Waals surface area contributed by atoms with Crippen molar-refractivity contribution in [3.8, 4) is 0 Å². The van der Waals surface area contributed by atoms with Gasteiger partial charge < -0.3 is 5.32 Å². The second kappa shape index (κ2) is 10.4. The second-order valence-corrected chi connectivity index (χ2v) is 10.4. The Balaban J connectivity index is 1.53. The third-order valence-electron chi connectivity index (χ3n) is 5.22. The first-order valence-electron chi connectivity index (χ1n) is 10.1. The van der Waals surface area contributed by atoms with Gasteiger partial charge in [0.15, 0.2) is 0 Å². The fourth-order valence-corrected chi connectivity index (χ4v) is 5.04. The first-order valence-corrected chi connectivity index (χ1v) is 12.7. The predicted octanol–water partition coefficient (Wildman–Crippen LogP) is 2.94. The van der Waals surface area contributed by atoms with Gasteiger partial charge in [-0.2, -0.15) is 4.31 Å². The van der Waals surface area contributed by atoms with Crippen molar-refractivity contribution in [2.24, 2.45) is 0 Å². The normalized spacial score (nSPS) is 14.9. The maximum atomic E-state index is 12.7. The number of nitrogens with one attached hydrogen (secondary N) is 1. The van der Waals surface area contributed by atoms with Crippen molar-refractivity contribution in [3.63, 3.8) is 0 Å². The largest absolute Gasteiger partial charge is 0.351 e. The van der Waals surface area contributed by atoms with Crippen LogP contribution in [-0.4, -0.2) is 56.5 Å². The molecule has 0 aromatic heterocycles. The minimum absolute atomic E-state index is 0.185. The Labute approximate surface area is 183 Å². The van der Waals surface area contributed by atoms with Gasteiger partial charge in [-0.25, -0.2) is 8.42 Å². The van der Waals surface area contributed by atoms with Crippen LogP contribution in [0.25, 0.3) is 0 Å². The lowest BCUT2D eigenvalue weighted by Crippen LogP contribution is -2.38.